The molecule has 0 atom stereocenters. The highest BCUT2D eigenvalue weighted by Gasteiger charge is 2.13. The molecule has 0 saturated carbocycles. The summed E-state index contributed by atoms with van der Waals surface area (Å²) in [6.07, 6.45) is 0. The summed E-state index contributed by atoms with van der Waals surface area (Å²) < 4.78 is 0. The SMILES string of the molecule is Cc1cc(C)nc(SCC(=O)c2cc(C)sc2C)n1. The van der Waals surface area contributed by atoms with Crippen LogP contribution in [0.4, 0.5) is 0 Å². The molecule has 0 aliphatic rings. The van der Waals surface area contributed by atoms with Crippen molar-refractivity contribution in [2.45, 2.75) is 32.9 Å². The van der Waals surface area contributed by atoms with Gasteiger partial charge in [-0.1, -0.05) is 11.8 Å². The van der Waals surface area contributed by atoms with E-state index in [1.54, 1.807) is 11.3 Å². The molecule has 100 valence electrons. The molecule has 0 aliphatic heterocycles. The van der Waals surface area contributed by atoms with Crippen LogP contribution in [0.25, 0.3) is 0 Å². The zero-order valence-electron chi connectivity index (χ0n) is 11.5. The van der Waals surface area contributed by atoms with E-state index >= 15 is 0 Å². The second-order valence-electron chi connectivity index (χ2n) is 4.47. The standard InChI is InChI=1S/C14H16N2OS2/c1-8-5-9(2)16-14(15-8)18-7-13(17)12-6-10(3)19-11(12)4/h5-6H,7H2,1-4H3. The first-order chi connectivity index (χ1) is 8.95. The molecular formula is C14H16N2OS2. The Kier molecular flexibility index (Phi) is 4.37. The van der Waals surface area contributed by atoms with Crippen LogP contribution in [0.2, 0.25) is 0 Å². The van der Waals surface area contributed by atoms with E-state index < -0.39 is 0 Å². The summed E-state index contributed by atoms with van der Waals surface area (Å²) in [6, 6.07) is 3.89. The van der Waals surface area contributed by atoms with E-state index in [0.717, 1.165) is 21.8 Å². The molecule has 0 N–H and O–H groups in total. The molecule has 0 radical (unpaired) electrons. The van der Waals surface area contributed by atoms with Gasteiger partial charge in [0.2, 0.25) is 0 Å². The van der Waals surface area contributed by atoms with Crippen molar-refractivity contribution in [2.24, 2.45) is 0 Å². The third kappa shape index (κ3) is 3.64. The number of ketones is 1. The number of aryl methyl sites for hydroxylation is 4. The van der Waals surface area contributed by atoms with Crippen molar-refractivity contribution in [3.63, 3.8) is 0 Å². The Balaban J connectivity index is 2.06. The van der Waals surface area contributed by atoms with Crippen molar-refractivity contribution >= 4 is 28.9 Å². The van der Waals surface area contributed by atoms with Crippen LogP contribution in [0.5, 0.6) is 0 Å². The van der Waals surface area contributed by atoms with Crippen molar-refractivity contribution < 1.29 is 4.79 Å². The molecule has 2 rings (SSSR count). The molecule has 0 aliphatic carbocycles. The highest BCUT2D eigenvalue weighted by Crippen LogP contribution is 2.23. The second-order valence-corrected chi connectivity index (χ2v) is 6.87. The molecule has 0 aromatic carbocycles. The molecule has 19 heavy (non-hydrogen) atoms. The molecule has 2 aromatic rings. The third-order valence-electron chi connectivity index (χ3n) is 2.64. The van der Waals surface area contributed by atoms with Gasteiger partial charge in [-0.15, -0.1) is 11.3 Å². The first-order valence-electron chi connectivity index (χ1n) is 6.01. The van der Waals surface area contributed by atoms with Crippen molar-refractivity contribution in [3.05, 3.63) is 38.8 Å². The van der Waals surface area contributed by atoms with Gasteiger partial charge in [0.05, 0.1) is 5.75 Å². The number of thiophene rings is 1. The second kappa shape index (κ2) is 5.84. The third-order valence-corrected chi connectivity index (χ3v) is 4.45. The van der Waals surface area contributed by atoms with Gasteiger partial charge < -0.3 is 0 Å². The van der Waals surface area contributed by atoms with Gasteiger partial charge in [-0.2, -0.15) is 0 Å². The van der Waals surface area contributed by atoms with Crippen molar-refractivity contribution in [1.29, 1.82) is 0 Å². The predicted molar refractivity (Wildman–Crippen MR) is 80.4 cm³/mol. The molecule has 0 amide bonds. The molecule has 0 saturated heterocycles. The Hall–Kier alpha value is -1.20. The fourth-order valence-electron chi connectivity index (χ4n) is 1.87. The Morgan fingerprint density at radius 1 is 1.16 bits per heavy atom. The lowest BCUT2D eigenvalue weighted by Crippen LogP contribution is -2.04. The van der Waals surface area contributed by atoms with Gasteiger partial charge in [-0.05, 0) is 39.8 Å². The summed E-state index contributed by atoms with van der Waals surface area (Å²) in [7, 11) is 0. The van der Waals surface area contributed by atoms with Crippen LogP contribution in [0.3, 0.4) is 0 Å². The summed E-state index contributed by atoms with van der Waals surface area (Å²) in [5.74, 6) is 0.537. The summed E-state index contributed by atoms with van der Waals surface area (Å²) >= 11 is 3.07. The Labute approximate surface area is 121 Å². The number of thioether (sulfide) groups is 1. The molecule has 2 heterocycles. The minimum absolute atomic E-state index is 0.148. The first-order valence-corrected chi connectivity index (χ1v) is 7.81. The lowest BCUT2D eigenvalue weighted by atomic mass is 10.2. The van der Waals surface area contributed by atoms with Gasteiger partial charge in [0.15, 0.2) is 10.9 Å². The van der Waals surface area contributed by atoms with Crippen LogP contribution in [-0.4, -0.2) is 21.5 Å². The van der Waals surface area contributed by atoms with Gasteiger partial charge in [0.25, 0.3) is 0 Å². The molecule has 5 heteroatoms. The smallest absolute Gasteiger partial charge is 0.188 e. The Bertz CT molecular complexity index is 600. The van der Waals surface area contributed by atoms with E-state index in [1.165, 1.54) is 16.6 Å². The van der Waals surface area contributed by atoms with Crippen LogP contribution >= 0.6 is 23.1 Å². The van der Waals surface area contributed by atoms with Crippen LogP contribution < -0.4 is 0 Å². The zero-order chi connectivity index (χ0) is 14.0. The zero-order valence-corrected chi connectivity index (χ0v) is 13.1. The number of hydrogen-bond acceptors (Lipinski definition) is 5. The van der Waals surface area contributed by atoms with E-state index in [4.69, 9.17) is 0 Å². The maximum absolute atomic E-state index is 12.2. The van der Waals surface area contributed by atoms with Gasteiger partial charge in [0, 0.05) is 26.7 Å². The summed E-state index contributed by atoms with van der Waals surface area (Å²) in [6.45, 7) is 7.89. The van der Waals surface area contributed by atoms with Crippen molar-refractivity contribution in [2.75, 3.05) is 5.75 Å². The van der Waals surface area contributed by atoms with E-state index in [2.05, 4.69) is 9.97 Å². The number of hydrogen-bond donors (Lipinski definition) is 0. The highest BCUT2D eigenvalue weighted by molar-refractivity contribution is 7.99. The molecule has 0 bridgehead atoms. The molecular weight excluding hydrogens is 276 g/mol. The van der Waals surface area contributed by atoms with Gasteiger partial charge in [-0.3, -0.25) is 4.79 Å². The molecule has 2 aromatic heterocycles. The summed E-state index contributed by atoms with van der Waals surface area (Å²) in [4.78, 5) is 23.1. The normalized spacial score (nSPS) is 10.7. The minimum atomic E-state index is 0.148. The number of carbonyl (C=O) groups excluding carboxylic acids is 1. The minimum Gasteiger partial charge on any atom is -0.293 e. The maximum Gasteiger partial charge on any atom is 0.188 e. The quantitative estimate of drug-likeness (QED) is 0.489. The average Bonchev–Trinajstić information content (AvgIpc) is 2.64. The van der Waals surface area contributed by atoms with E-state index in [9.17, 15) is 4.79 Å². The monoisotopic (exact) mass is 292 g/mol. The van der Waals surface area contributed by atoms with Crippen LogP contribution in [0, 0.1) is 27.7 Å². The lowest BCUT2D eigenvalue weighted by molar-refractivity contribution is 0.102. The molecule has 0 spiro atoms. The number of carbonyl (C=O) groups is 1. The maximum atomic E-state index is 12.2. The number of Topliss-reactive ketones (excluding diaryl/α,β-unsaturated/α-hetero) is 1. The summed E-state index contributed by atoms with van der Waals surface area (Å²) in [5.41, 5.74) is 2.70. The van der Waals surface area contributed by atoms with E-state index in [0.29, 0.717) is 10.9 Å². The summed E-state index contributed by atoms with van der Waals surface area (Å²) in [5, 5.41) is 0.676. The largest absolute Gasteiger partial charge is 0.293 e. The topological polar surface area (TPSA) is 42.9 Å². The molecule has 0 fully saturated rings. The van der Waals surface area contributed by atoms with Crippen molar-refractivity contribution in [1.82, 2.24) is 9.97 Å². The van der Waals surface area contributed by atoms with Gasteiger partial charge >= 0.3 is 0 Å². The van der Waals surface area contributed by atoms with Crippen LogP contribution in [0.1, 0.15) is 31.5 Å². The number of rotatable bonds is 4. The Morgan fingerprint density at radius 3 is 2.32 bits per heavy atom. The average molecular weight is 292 g/mol. The van der Waals surface area contributed by atoms with Crippen LogP contribution in [-0.2, 0) is 0 Å². The number of aromatic nitrogens is 2. The first kappa shape index (κ1) is 14.2. The number of nitrogens with zero attached hydrogens (tertiary/aromatic N) is 2. The Morgan fingerprint density at radius 2 is 1.79 bits per heavy atom. The fraction of sp³-hybridized carbons (Fsp3) is 0.357. The van der Waals surface area contributed by atoms with Gasteiger partial charge in [-0.25, -0.2) is 9.97 Å². The molecule has 3 nitrogen and oxygen atoms in total. The fourth-order valence-corrected chi connectivity index (χ4v) is 3.65. The molecule has 0 unspecified atom stereocenters. The highest BCUT2D eigenvalue weighted by atomic mass is 32.2. The lowest BCUT2D eigenvalue weighted by Gasteiger charge is -2.02. The predicted octanol–water partition coefficient (Wildman–Crippen LogP) is 3.75. The van der Waals surface area contributed by atoms with E-state index in [1.807, 2.05) is 39.8 Å². The van der Waals surface area contributed by atoms with Crippen LogP contribution in [0.15, 0.2) is 17.3 Å². The van der Waals surface area contributed by atoms with Gasteiger partial charge in [0.1, 0.15) is 0 Å². The van der Waals surface area contributed by atoms with E-state index in [-0.39, 0.29) is 5.78 Å². The van der Waals surface area contributed by atoms with Crippen molar-refractivity contribution in [3.8, 4) is 0 Å².